The molecule has 0 aliphatic carbocycles. The van der Waals surface area contributed by atoms with Crippen LogP contribution in [0, 0.1) is 0 Å². The van der Waals surface area contributed by atoms with Crippen LogP contribution in [0.15, 0.2) is 17.4 Å². The first-order valence-corrected chi connectivity index (χ1v) is 3.67. The van der Waals surface area contributed by atoms with Crippen LogP contribution in [-0.2, 0) is 0 Å². The lowest BCUT2D eigenvalue weighted by atomic mass is 10.4. The van der Waals surface area contributed by atoms with E-state index in [2.05, 4.69) is 27.2 Å². The van der Waals surface area contributed by atoms with Gasteiger partial charge in [-0.25, -0.2) is 4.98 Å². The molecule has 11 heavy (non-hydrogen) atoms. The minimum absolute atomic E-state index is 0.440. The van der Waals surface area contributed by atoms with Crippen LogP contribution in [0.5, 0.6) is 0 Å². The van der Waals surface area contributed by atoms with Gasteiger partial charge >= 0.3 is 0 Å². The molecule has 1 atom stereocenters. The molecule has 1 aromatic rings. The fourth-order valence-corrected chi connectivity index (χ4v) is 1.09. The Kier molecular flexibility index (Phi) is 1.38. The van der Waals surface area contributed by atoms with Gasteiger partial charge in [0.2, 0.25) is 0 Å². The van der Waals surface area contributed by atoms with Gasteiger partial charge < -0.3 is 10.3 Å². The maximum atomic E-state index is 4.27. The summed E-state index contributed by atoms with van der Waals surface area (Å²) in [6.07, 6.45) is 3.52. The molecule has 4 heteroatoms. The Hall–Kier alpha value is -1.32. The average Bonchev–Trinajstić information content (AvgIpc) is 2.55. The third kappa shape index (κ3) is 1.11. The Morgan fingerprint density at radius 3 is 3.09 bits per heavy atom. The molecule has 0 aromatic carbocycles. The van der Waals surface area contributed by atoms with E-state index in [-0.39, 0.29) is 0 Å². The first-order chi connectivity index (χ1) is 5.36. The molecule has 0 amide bonds. The van der Waals surface area contributed by atoms with Gasteiger partial charge in [-0.2, -0.15) is 0 Å². The number of nitrogens with zero attached hydrogens (tertiary/aromatic N) is 2. The summed E-state index contributed by atoms with van der Waals surface area (Å²) in [7, 11) is 0. The van der Waals surface area contributed by atoms with Crippen LogP contribution in [0.1, 0.15) is 12.7 Å². The van der Waals surface area contributed by atoms with Gasteiger partial charge in [0.25, 0.3) is 0 Å². The predicted octanol–water partition coefficient (Wildman–Crippen LogP) is 0.148. The minimum Gasteiger partial charge on any atom is -0.363 e. The molecular formula is C7H10N4. The fourth-order valence-electron chi connectivity index (χ4n) is 1.09. The van der Waals surface area contributed by atoms with Crippen molar-refractivity contribution in [1.82, 2.24) is 15.3 Å². The van der Waals surface area contributed by atoms with E-state index in [1.807, 2.05) is 0 Å². The molecule has 4 nitrogen and oxygen atoms in total. The highest BCUT2D eigenvalue weighted by molar-refractivity contribution is 5.96. The number of imidazole rings is 1. The molecule has 2 rings (SSSR count). The molecule has 58 valence electrons. The van der Waals surface area contributed by atoms with Crippen LogP contribution >= 0.6 is 0 Å². The Morgan fingerprint density at radius 1 is 1.64 bits per heavy atom. The van der Waals surface area contributed by atoms with Crippen LogP contribution in [0.25, 0.3) is 0 Å². The summed E-state index contributed by atoms with van der Waals surface area (Å²) < 4.78 is 0. The summed E-state index contributed by atoms with van der Waals surface area (Å²) in [6, 6.07) is 0.440. The monoisotopic (exact) mass is 150 g/mol. The van der Waals surface area contributed by atoms with Gasteiger partial charge in [0.15, 0.2) is 11.7 Å². The molecule has 0 spiro atoms. The number of aromatic nitrogens is 2. The van der Waals surface area contributed by atoms with Crippen molar-refractivity contribution in [2.75, 3.05) is 6.54 Å². The number of aromatic amines is 1. The van der Waals surface area contributed by atoms with E-state index < -0.39 is 0 Å². The zero-order valence-corrected chi connectivity index (χ0v) is 6.33. The van der Waals surface area contributed by atoms with Crippen LogP contribution in [0.3, 0.4) is 0 Å². The van der Waals surface area contributed by atoms with E-state index in [4.69, 9.17) is 0 Å². The van der Waals surface area contributed by atoms with Crippen LogP contribution in [-0.4, -0.2) is 28.4 Å². The van der Waals surface area contributed by atoms with Crippen molar-refractivity contribution in [2.24, 2.45) is 4.99 Å². The van der Waals surface area contributed by atoms with Gasteiger partial charge in [0, 0.05) is 18.4 Å². The summed E-state index contributed by atoms with van der Waals surface area (Å²) in [4.78, 5) is 11.4. The van der Waals surface area contributed by atoms with Gasteiger partial charge in [0.1, 0.15) is 0 Å². The summed E-state index contributed by atoms with van der Waals surface area (Å²) in [5.41, 5.74) is 0. The number of rotatable bonds is 1. The van der Waals surface area contributed by atoms with Crippen molar-refractivity contribution in [3.63, 3.8) is 0 Å². The summed E-state index contributed by atoms with van der Waals surface area (Å²) in [6.45, 7) is 2.94. The smallest absolute Gasteiger partial charge is 0.172 e. The second-order valence-corrected chi connectivity index (χ2v) is 2.67. The Morgan fingerprint density at radius 2 is 2.55 bits per heavy atom. The van der Waals surface area contributed by atoms with Gasteiger partial charge in [0.05, 0.1) is 6.54 Å². The van der Waals surface area contributed by atoms with Gasteiger partial charge in [-0.3, -0.25) is 4.99 Å². The Bertz CT molecular complexity index is 262. The normalized spacial score (nSPS) is 23.0. The van der Waals surface area contributed by atoms with Crippen molar-refractivity contribution in [3.05, 3.63) is 18.2 Å². The number of aliphatic imine (C=N–C) groups is 1. The predicted molar refractivity (Wildman–Crippen MR) is 42.6 cm³/mol. The SMILES string of the molecule is CC1CN=C(c2ncc[nH]2)N1. The Balaban J connectivity index is 2.19. The zero-order valence-electron chi connectivity index (χ0n) is 6.33. The van der Waals surface area contributed by atoms with Crippen molar-refractivity contribution in [1.29, 1.82) is 0 Å². The molecule has 1 aromatic heterocycles. The van der Waals surface area contributed by atoms with Crippen molar-refractivity contribution in [2.45, 2.75) is 13.0 Å². The molecule has 2 N–H and O–H groups in total. The molecule has 0 fully saturated rings. The molecule has 0 saturated heterocycles. The van der Waals surface area contributed by atoms with Gasteiger partial charge in [-0.05, 0) is 6.92 Å². The molecule has 1 unspecified atom stereocenters. The highest BCUT2D eigenvalue weighted by Crippen LogP contribution is 1.99. The number of nitrogens with one attached hydrogen (secondary N) is 2. The van der Waals surface area contributed by atoms with Crippen LogP contribution < -0.4 is 5.32 Å². The minimum atomic E-state index is 0.440. The summed E-state index contributed by atoms with van der Waals surface area (Å²) >= 11 is 0. The number of hydrogen-bond acceptors (Lipinski definition) is 3. The van der Waals surface area contributed by atoms with Crippen LogP contribution in [0.2, 0.25) is 0 Å². The number of amidine groups is 1. The van der Waals surface area contributed by atoms with Crippen LogP contribution in [0.4, 0.5) is 0 Å². The van der Waals surface area contributed by atoms with E-state index in [9.17, 15) is 0 Å². The summed E-state index contributed by atoms with van der Waals surface area (Å²) in [5.74, 6) is 1.71. The third-order valence-corrected chi connectivity index (χ3v) is 1.63. The van der Waals surface area contributed by atoms with Crippen molar-refractivity contribution < 1.29 is 0 Å². The van der Waals surface area contributed by atoms with E-state index in [1.54, 1.807) is 12.4 Å². The average molecular weight is 150 g/mol. The quantitative estimate of drug-likeness (QED) is 0.598. The highest BCUT2D eigenvalue weighted by atomic mass is 15.1. The summed E-state index contributed by atoms with van der Waals surface area (Å²) in [5, 5.41) is 3.21. The second kappa shape index (κ2) is 2.38. The number of hydrogen-bond donors (Lipinski definition) is 2. The lowest BCUT2D eigenvalue weighted by Crippen LogP contribution is -2.28. The third-order valence-electron chi connectivity index (χ3n) is 1.63. The molecule has 0 bridgehead atoms. The van der Waals surface area contributed by atoms with Crippen molar-refractivity contribution in [3.8, 4) is 0 Å². The lowest BCUT2D eigenvalue weighted by molar-refractivity contribution is 0.725. The number of H-pyrrole nitrogens is 1. The highest BCUT2D eigenvalue weighted by Gasteiger charge is 2.14. The first kappa shape index (κ1) is 6.39. The molecule has 1 aliphatic rings. The van der Waals surface area contributed by atoms with E-state index in [1.165, 1.54) is 0 Å². The lowest BCUT2D eigenvalue weighted by Gasteiger charge is -2.01. The second-order valence-electron chi connectivity index (χ2n) is 2.67. The molecule has 0 saturated carbocycles. The molecule has 2 heterocycles. The molecule has 0 radical (unpaired) electrons. The molecular weight excluding hydrogens is 140 g/mol. The standard InChI is InChI=1S/C7H10N4/c1-5-4-10-7(11-5)6-8-2-3-9-6/h2-3,5H,4H2,1H3,(H,8,9)(H,10,11). The first-order valence-electron chi connectivity index (χ1n) is 3.67. The maximum Gasteiger partial charge on any atom is 0.172 e. The molecule has 1 aliphatic heterocycles. The fraction of sp³-hybridized carbons (Fsp3) is 0.429. The van der Waals surface area contributed by atoms with Gasteiger partial charge in [-0.1, -0.05) is 0 Å². The van der Waals surface area contributed by atoms with Gasteiger partial charge in [-0.15, -0.1) is 0 Å². The van der Waals surface area contributed by atoms with E-state index in [0.29, 0.717) is 6.04 Å². The van der Waals surface area contributed by atoms with Crippen molar-refractivity contribution >= 4 is 5.84 Å². The van der Waals surface area contributed by atoms with E-state index >= 15 is 0 Å². The largest absolute Gasteiger partial charge is 0.363 e. The Labute approximate surface area is 64.8 Å². The zero-order chi connectivity index (χ0) is 7.68. The maximum absolute atomic E-state index is 4.27. The topological polar surface area (TPSA) is 53.1 Å². The van der Waals surface area contributed by atoms with E-state index in [0.717, 1.165) is 18.2 Å².